The van der Waals surface area contributed by atoms with E-state index in [0.29, 0.717) is 11.6 Å². The summed E-state index contributed by atoms with van der Waals surface area (Å²) in [5.74, 6) is -1.96. The average molecular weight is 232 g/mol. The lowest BCUT2D eigenvalue weighted by molar-refractivity contribution is 0.103. The Balaban J connectivity index is 2.48. The number of halogens is 2. The molecule has 0 aromatic heterocycles. The van der Waals surface area contributed by atoms with E-state index in [2.05, 4.69) is 0 Å². The molecule has 0 saturated carbocycles. The number of carbonyl (C=O) groups excluding carboxylic acids is 1. The van der Waals surface area contributed by atoms with Crippen LogP contribution in [0.15, 0.2) is 42.5 Å². The average Bonchev–Trinajstić information content (AvgIpc) is 2.29. The van der Waals surface area contributed by atoms with E-state index in [-0.39, 0.29) is 5.56 Å². The molecular formula is C14H10F2O. The number of hydrogen-bond acceptors (Lipinski definition) is 1. The molecule has 0 aliphatic heterocycles. The van der Waals surface area contributed by atoms with Crippen molar-refractivity contribution in [3.8, 4) is 0 Å². The predicted molar refractivity (Wildman–Crippen MR) is 61.0 cm³/mol. The van der Waals surface area contributed by atoms with Gasteiger partial charge in [0.25, 0.3) is 0 Å². The van der Waals surface area contributed by atoms with Gasteiger partial charge >= 0.3 is 0 Å². The quantitative estimate of drug-likeness (QED) is 0.724. The van der Waals surface area contributed by atoms with Crippen LogP contribution < -0.4 is 0 Å². The number of benzene rings is 2. The highest BCUT2D eigenvalue weighted by molar-refractivity contribution is 6.10. The molecule has 17 heavy (non-hydrogen) atoms. The summed E-state index contributed by atoms with van der Waals surface area (Å²) in [6.45, 7) is 1.77. The van der Waals surface area contributed by atoms with Crippen LogP contribution in [-0.2, 0) is 0 Å². The Hall–Kier alpha value is -2.03. The van der Waals surface area contributed by atoms with Crippen molar-refractivity contribution in [1.82, 2.24) is 0 Å². The number of carbonyl (C=O) groups is 1. The summed E-state index contributed by atoms with van der Waals surface area (Å²) in [6, 6.07) is 9.86. The fraction of sp³-hybridized carbons (Fsp3) is 0.0714. The first-order valence-electron chi connectivity index (χ1n) is 5.15. The number of aryl methyl sites for hydroxylation is 1. The van der Waals surface area contributed by atoms with E-state index in [9.17, 15) is 13.6 Å². The van der Waals surface area contributed by atoms with Gasteiger partial charge in [-0.15, -0.1) is 0 Å². The van der Waals surface area contributed by atoms with Crippen molar-refractivity contribution in [3.63, 3.8) is 0 Å². The molecule has 2 rings (SSSR count). The first kappa shape index (κ1) is 11.5. The Kier molecular flexibility index (Phi) is 3.00. The summed E-state index contributed by atoms with van der Waals surface area (Å²) in [6.07, 6.45) is 0. The molecule has 86 valence electrons. The van der Waals surface area contributed by atoms with Crippen LogP contribution in [0.1, 0.15) is 21.5 Å². The maximum Gasteiger partial charge on any atom is 0.196 e. The molecule has 0 aliphatic rings. The molecule has 0 spiro atoms. The number of hydrogen-bond donors (Lipinski definition) is 0. The van der Waals surface area contributed by atoms with Crippen LogP contribution in [0.5, 0.6) is 0 Å². The maximum absolute atomic E-state index is 13.5. The summed E-state index contributed by atoms with van der Waals surface area (Å²) < 4.78 is 26.2. The summed E-state index contributed by atoms with van der Waals surface area (Å²) in [4.78, 5) is 12.0. The molecule has 0 bridgehead atoms. The van der Waals surface area contributed by atoms with Crippen molar-refractivity contribution in [2.45, 2.75) is 6.92 Å². The van der Waals surface area contributed by atoms with E-state index >= 15 is 0 Å². The predicted octanol–water partition coefficient (Wildman–Crippen LogP) is 3.50. The SMILES string of the molecule is Cc1ccccc1C(=O)c1ccc(F)cc1F. The third-order valence-electron chi connectivity index (χ3n) is 2.57. The molecule has 0 radical (unpaired) electrons. The van der Waals surface area contributed by atoms with Crippen molar-refractivity contribution in [2.24, 2.45) is 0 Å². The molecule has 0 N–H and O–H groups in total. The molecule has 0 atom stereocenters. The lowest BCUT2D eigenvalue weighted by Gasteiger charge is -2.05. The van der Waals surface area contributed by atoms with Gasteiger partial charge in [-0.25, -0.2) is 8.78 Å². The smallest absolute Gasteiger partial charge is 0.196 e. The zero-order valence-electron chi connectivity index (χ0n) is 9.21. The fourth-order valence-corrected chi connectivity index (χ4v) is 1.65. The van der Waals surface area contributed by atoms with Gasteiger partial charge in [0, 0.05) is 11.6 Å². The molecule has 2 aromatic carbocycles. The summed E-state index contributed by atoms with van der Waals surface area (Å²) in [5.41, 5.74) is 1.08. The molecule has 0 fully saturated rings. The molecule has 1 nitrogen and oxygen atoms in total. The Morgan fingerprint density at radius 1 is 1.00 bits per heavy atom. The lowest BCUT2D eigenvalue weighted by atomic mass is 9.99. The van der Waals surface area contributed by atoms with E-state index in [0.717, 1.165) is 11.6 Å². The van der Waals surface area contributed by atoms with Crippen molar-refractivity contribution >= 4 is 5.78 Å². The van der Waals surface area contributed by atoms with Crippen molar-refractivity contribution in [2.75, 3.05) is 0 Å². The maximum atomic E-state index is 13.5. The monoisotopic (exact) mass is 232 g/mol. The van der Waals surface area contributed by atoms with Crippen LogP contribution in [0.4, 0.5) is 8.78 Å². The van der Waals surface area contributed by atoms with Crippen LogP contribution >= 0.6 is 0 Å². The second-order valence-corrected chi connectivity index (χ2v) is 3.77. The summed E-state index contributed by atoms with van der Waals surface area (Å²) in [7, 11) is 0. The van der Waals surface area contributed by atoms with Crippen LogP contribution in [0, 0.1) is 18.6 Å². The Morgan fingerprint density at radius 3 is 2.35 bits per heavy atom. The zero-order valence-corrected chi connectivity index (χ0v) is 9.21. The second-order valence-electron chi connectivity index (χ2n) is 3.77. The van der Waals surface area contributed by atoms with Gasteiger partial charge in [-0.1, -0.05) is 24.3 Å². The van der Waals surface area contributed by atoms with Gasteiger partial charge in [0.1, 0.15) is 11.6 Å². The van der Waals surface area contributed by atoms with Crippen molar-refractivity contribution < 1.29 is 13.6 Å². The molecule has 0 saturated heterocycles. The standard InChI is InChI=1S/C14H10F2O/c1-9-4-2-3-5-11(9)14(17)12-7-6-10(15)8-13(12)16/h2-8H,1H3. The largest absolute Gasteiger partial charge is 0.288 e. The minimum atomic E-state index is -0.835. The molecule has 0 heterocycles. The van der Waals surface area contributed by atoms with E-state index in [1.165, 1.54) is 6.07 Å². The molecular weight excluding hydrogens is 222 g/mol. The topological polar surface area (TPSA) is 17.1 Å². The van der Waals surface area contributed by atoms with E-state index in [4.69, 9.17) is 0 Å². The summed E-state index contributed by atoms with van der Waals surface area (Å²) in [5, 5.41) is 0. The van der Waals surface area contributed by atoms with Crippen LogP contribution in [0.25, 0.3) is 0 Å². The molecule has 0 aliphatic carbocycles. The van der Waals surface area contributed by atoms with Crippen LogP contribution in [0.2, 0.25) is 0 Å². The molecule has 0 unspecified atom stereocenters. The third kappa shape index (κ3) is 2.23. The van der Waals surface area contributed by atoms with E-state index in [1.807, 2.05) is 0 Å². The van der Waals surface area contributed by atoms with Gasteiger partial charge < -0.3 is 0 Å². The van der Waals surface area contributed by atoms with E-state index < -0.39 is 17.4 Å². The van der Waals surface area contributed by atoms with Gasteiger partial charge in [0.15, 0.2) is 5.78 Å². The Morgan fingerprint density at radius 2 is 1.71 bits per heavy atom. The normalized spacial score (nSPS) is 10.3. The summed E-state index contributed by atoms with van der Waals surface area (Å²) >= 11 is 0. The Labute approximate surface area is 97.7 Å². The lowest BCUT2D eigenvalue weighted by Crippen LogP contribution is -2.06. The van der Waals surface area contributed by atoms with Crippen LogP contribution in [0.3, 0.4) is 0 Å². The fourth-order valence-electron chi connectivity index (χ4n) is 1.65. The first-order chi connectivity index (χ1) is 8.09. The van der Waals surface area contributed by atoms with Gasteiger partial charge in [-0.3, -0.25) is 4.79 Å². The highest BCUT2D eigenvalue weighted by atomic mass is 19.1. The van der Waals surface area contributed by atoms with Crippen molar-refractivity contribution in [1.29, 1.82) is 0 Å². The zero-order chi connectivity index (χ0) is 12.4. The number of ketones is 1. The van der Waals surface area contributed by atoms with Gasteiger partial charge in [0.05, 0.1) is 5.56 Å². The van der Waals surface area contributed by atoms with Gasteiger partial charge in [0.2, 0.25) is 0 Å². The Bertz CT molecular complexity index is 576. The highest BCUT2D eigenvalue weighted by Gasteiger charge is 2.15. The number of rotatable bonds is 2. The van der Waals surface area contributed by atoms with Gasteiger partial charge in [-0.05, 0) is 24.6 Å². The third-order valence-corrected chi connectivity index (χ3v) is 2.57. The minimum Gasteiger partial charge on any atom is -0.288 e. The van der Waals surface area contributed by atoms with Crippen LogP contribution in [-0.4, -0.2) is 5.78 Å². The minimum absolute atomic E-state index is 0.110. The molecule has 2 aromatic rings. The highest BCUT2D eigenvalue weighted by Crippen LogP contribution is 2.17. The van der Waals surface area contributed by atoms with Crippen molar-refractivity contribution in [3.05, 3.63) is 70.8 Å². The van der Waals surface area contributed by atoms with Gasteiger partial charge in [-0.2, -0.15) is 0 Å². The van der Waals surface area contributed by atoms with E-state index in [1.54, 1.807) is 31.2 Å². The second kappa shape index (κ2) is 4.45. The first-order valence-corrected chi connectivity index (χ1v) is 5.15. The molecule has 3 heteroatoms. The molecule has 0 amide bonds.